The fourth-order valence-corrected chi connectivity index (χ4v) is 9.24. The summed E-state index contributed by atoms with van der Waals surface area (Å²) in [6, 6.07) is 14.8. The van der Waals surface area contributed by atoms with Gasteiger partial charge in [-0.15, -0.1) is 11.3 Å². The van der Waals surface area contributed by atoms with Crippen LogP contribution in [-0.4, -0.2) is 80.7 Å². The SMILES string of the molecule is O=C(NOC1CCCCO1)[C@H]1CN(S(=O)(=O)CCc2ccncc2)CCN1S(=O)(=O)c1ccc(-c2ccccc2)s1. The molecule has 41 heavy (non-hydrogen) atoms. The molecule has 14 heteroatoms. The number of amides is 1. The van der Waals surface area contributed by atoms with E-state index in [2.05, 4.69) is 10.5 Å². The molecule has 1 aromatic carbocycles. The predicted molar refractivity (Wildman–Crippen MR) is 154 cm³/mol. The zero-order chi connectivity index (χ0) is 28.9. The van der Waals surface area contributed by atoms with Crippen molar-refractivity contribution in [1.29, 1.82) is 0 Å². The number of pyridine rings is 1. The van der Waals surface area contributed by atoms with Gasteiger partial charge in [0.05, 0.1) is 5.75 Å². The van der Waals surface area contributed by atoms with Gasteiger partial charge in [0.25, 0.3) is 15.9 Å². The van der Waals surface area contributed by atoms with Crippen LogP contribution in [0.4, 0.5) is 0 Å². The van der Waals surface area contributed by atoms with E-state index in [9.17, 15) is 21.6 Å². The first-order valence-corrected chi connectivity index (χ1v) is 17.2. The number of hydrogen-bond acceptors (Lipinski definition) is 9. The Morgan fingerprint density at radius 3 is 2.54 bits per heavy atom. The van der Waals surface area contributed by atoms with Crippen LogP contribution in [0.5, 0.6) is 0 Å². The largest absolute Gasteiger partial charge is 0.350 e. The Bertz CT molecular complexity index is 1530. The molecule has 1 unspecified atom stereocenters. The molecule has 2 aliphatic heterocycles. The highest BCUT2D eigenvalue weighted by atomic mass is 32.2. The van der Waals surface area contributed by atoms with Crippen molar-refractivity contribution in [2.24, 2.45) is 0 Å². The minimum Gasteiger partial charge on any atom is -0.350 e. The van der Waals surface area contributed by atoms with Gasteiger partial charge in [-0.3, -0.25) is 9.78 Å². The van der Waals surface area contributed by atoms with E-state index in [-0.39, 0.29) is 36.0 Å². The normalized spacial score (nSPS) is 21.0. The molecular formula is C27H32N4O7S3. The Morgan fingerprint density at radius 1 is 1.02 bits per heavy atom. The van der Waals surface area contributed by atoms with E-state index in [0.29, 0.717) is 13.0 Å². The number of rotatable bonds is 10. The summed E-state index contributed by atoms with van der Waals surface area (Å²) in [7, 11) is -7.94. The van der Waals surface area contributed by atoms with Crippen LogP contribution in [0.15, 0.2) is 71.2 Å². The van der Waals surface area contributed by atoms with Crippen LogP contribution in [0.2, 0.25) is 0 Å². The van der Waals surface area contributed by atoms with Crippen LogP contribution in [0.1, 0.15) is 24.8 Å². The monoisotopic (exact) mass is 620 g/mol. The van der Waals surface area contributed by atoms with Gasteiger partial charge in [-0.25, -0.2) is 27.2 Å². The molecule has 0 bridgehead atoms. The fourth-order valence-electron chi connectivity index (χ4n) is 4.75. The molecule has 3 aromatic rings. The average Bonchev–Trinajstić information content (AvgIpc) is 3.52. The van der Waals surface area contributed by atoms with Gasteiger partial charge in [0.2, 0.25) is 10.0 Å². The lowest BCUT2D eigenvalue weighted by atomic mass is 10.2. The first-order valence-electron chi connectivity index (χ1n) is 13.3. The van der Waals surface area contributed by atoms with E-state index in [1.807, 2.05) is 30.3 Å². The number of nitrogens with one attached hydrogen (secondary N) is 1. The van der Waals surface area contributed by atoms with E-state index in [4.69, 9.17) is 9.57 Å². The summed E-state index contributed by atoms with van der Waals surface area (Å²) < 4.78 is 62.1. The van der Waals surface area contributed by atoms with Gasteiger partial charge in [-0.05, 0) is 54.7 Å². The summed E-state index contributed by atoms with van der Waals surface area (Å²) >= 11 is 1.10. The van der Waals surface area contributed by atoms with Crippen molar-refractivity contribution < 1.29 is 31.2 Å². The quantitative estimate of drug-likeness (QED) is 0.342. The number of carbonyl (C=O) groups is 1. The van der Waals surface area contributed by atoms with Gasteiger partial charge in [-0.1, -0.05) is 30.3 Å². The Labute approximate surface area is 244 Å². The molecule has 2 saturated heterocycles. The third-order valence-electron chi connectivity index (χ3n) is 7.02. The standard InChI is InChI=1S/C27H32N4O7S3/c32-27(29-38-25-8-4-5-18-37-25)23-20-30(40(33,34)19-13-21-11-14-28-15-12-21)16-17-31(23)41(35,36)26-10-9-24(39-26)22-6-2-1-3-7-22/h1-3,6-7,9-12,14-15,23,25H,4-5,8,13,16-20H2,(H,29,32)/t23-,25?/m1/s1. The summed E-state index contributed by atoms with van der Waals surface area (Å²) in [4.78, 5) is 23.5. The maximum absolute atomic E-state index is 13.8. The zero-order valence-corrected chi connectivity index (χ0v) is 24.7. The zero-order valence-electron chi connectivity index (χ0n) is 22.3. The second-order valence-electron chi connectivity index (χ2n) is 9.78. The van der Waals surface area contributed by atoms with E-state index in [0.717, 1.165) is 44.5 Å². The third kappa shape index (κ3) is 7.20. The molecule has 0 spiro atoms. The number of thiophene rings is 1. The maximum atomic E-state index is 13.8. The highest BCUT2D eigenvalue weighted by Crippen LogP contribution is 2.33. The Kier molecular flexibility index (Phi) is 9.49. The molecule has 2 aliphatic rings. The summed E-state index contributed by atoms with van der Waals surface area (Å²) in [6.07, 6.45) is 5.15. The Balaban J connectivity index is 1.36. The lowest BCUT2D eigenvalue weighted by molar-refractivity contribution is -0.202. The topological polar surface area (TPSA) is 135 Å². The molecule has 0 aliphatic carbocycles. The number of carbonyl (C=O) groups excluding carboxylic acids is 1. The van der Waals surface area contributed by atoms with E-state index in [1.165, 1.54) is 10.4 Å². The van der Waals surface area contributed by atoms with Crippen molar-refractivity contribution >= 4 is 37.3 Å². The number of aryl methyl sites for hydroxylation is 1. The number of sulfonamides is 2. The third-order valence-corrected chi connectivity index (χ3v) is 12.4. The molecule has 11 nitrogen and oxygen atoms in total. The number of aromatic nitrogens is 1. The minimum absolute atomic E-state index is 0.0691. The summed E-state index contributed by atoms with van der Waals surface area (Å²) in [6.45, 7) is -0.107. The number of piperazine rings is 1. The Hall–Kier alpha value is -2.72. The van der Waals surface area contributed by atoms with Gasteiger partial charge in [-0.2, -0.15) is 8.61 Å². The lowest BCUT2D eigenvalue weighted by Gasteiger charge is -2.38. The summed E-state index contributed by atoms with van der Waals surface area (Å²) in [5.74, 6) is -0.938. The molecule has 2 atom stereocenters. The van der Waals surface area contributed by atoms with Crippen LogP contribution >= 0.6 is 11.3 Å². The smallest absolute Gasteiger partial charge is 0.263 e. The maximum Gasteiger partial charge on any atom is 0.263 e. The average molecular weight is 621 g/mol. The van der Waals surface area contributed by atoms with Crippen molar-refractivity contribution in [1.82, 2.24) is 19.1 Å². The molecule has 1 N–H and O–H groups in total. The van der Waals surface area contributed by atoms with Gasteiger partial charge in [0.1, 0.15) is 10.3 Å². The second kappa shape index (κ2) is 13.1. The highest BCUT2D eigenvalue weighted by Gasteiger charge is 2.44. The summed E-state index contributed by atoms with van der Waals surface area (Å²) in [5, 5.41) is 0. The fraction of sp³-hybridized carbons (Fsp3) is 0.407. The van der Waals surface area contributed by atoms with Crippen LogP contribution in [0, 0.1) is 0 Å². The molecule has 0 saturated carbocycles. The molecule has 220 valence electrons. The van der Waals surface area contributed by atoms with Crippen molar-refractivity contribution in [3.63, 3.8) is 0 Å². The highest BCUT2D eigenvalue weighted by molar-refractivity contribution is 7.91. The van der Waals surface area contributed by atoms with Crippen molar-refractivity contribution in [3.05, 3.63) is 72.6 Å². The number of hydroxylamine groups is 1. The molecule has 2 fully saturated rings. The molecule has 4 heterocycles. The molecule has 0 radical (unpaired) electrons. The number of ether oxygens (including phenoxy) is 1. The Morgan fingerprint density at radius 2 is 1.80 bits per heavy atom. The predicted octanol–water partition coefficient (Wildman–Crippen LogP) is 2.63. The minimum atomic E-state index is -4.13. The van der Waals surface area contributed by atoms with Crippen molar-refractivity contribution in [2.75, 3.05) is 32.0 Å². The number of hydrogen-bond donors (Lipinski definition) is 1. The van der Waals surface area contributed by atoms with Gasteiger partial charge in [0, 0.05) is 49.9 Å². The second-order valence-corrected chi connectivity index (χ2v) is 15.1. The summed E-state index contributed by atoms with van der Waals surface area (Å²) in [5.41, 5.74) is 4.03. The molecule has 1 amide bonds. The molecular weight excluding hydrogens is 589 g/mol. The lowest BCUT2D eigenvalue weighted by Crippen LogP contribution is -2.61. The first-order chi connectivity index (χ1) is 19.7. The van der Waals surface area contributed by atoms with Gasteiger partial charge >= 0.3 is 0 Å². The van der Waals surface area contributed by atoms with E-state index >= 15 is 0 Å². The van der Waals surface area contributed by atoms with Crippen LogP contribution < -0.4 is 5.48 Å². The molecule has 5 rings (SSSR count). The first kappa shape index (κ1) is 29.8. The number of nitrogens with zero attached hydrogens (tertiary/aromatic N) is 3. The van der Waals surface area contributed by atoms with Gasteiger partial charge < -0.3 is 4.74 Å². The van der Waals surface area contributed by atoms with Gasteiger partial charge in [0.15, 0.2) is 6.29 Å². The number of benzene rings is 1. The van der Waals surface area contributed by atoms with Crippen LogP contribution in [0.25, 0.3) is 10.4 Å². The molecule has 2 aromatic heterocycles. The van der Waals surface area contributed by atoms with Crippen molar-refractivity contribution in [2.45, 2.75) is 42.2 Å². The van der Waals surface area contributed by atoms with Crippen LogP contribution in [0.3, 0.4) is 0 Å². The van der Waals surface area contributed by atoms with Crippen molar-refractivity contribution in [3.8, 4) is 10.4 Å². The van der Waals surface area contributed by atoms with Crippen LogP contribution in [-0.2, 0) is 40.8 Å². The van der Waals surface area contributed by atoms with E-state index < -0.39 is 38.3 Å². The van der Waals surface area contributed by atoms with E-state index in [1.54, 1.807) is 30.6 Å².